The quantitative estimate of drug-likeness (QED) is 0.574. The number of methoxy groups -OCH3 is 1. The third-order valence-electron chi connectivity index (χ3n) is 4.38. The van der Waals surface area contributed by atoms with E-state index >= 15 is 0 Å². The molecule has 156 valence electrons. The molecule has 0 aliphatic carbocycles. The summed E-state index contributed by atoms with van der Waals surface area (Å²) in [5.41, 5.74) is 1.66. The second-order valence-electron chi connectivity index (χ2n) is 6.49. The van der Waals surface area contributed by atoms with Crippen molar-refractivity contribution in [3.63, 3.8) is 0 Å². The molecule has 1 amide bonds. The van der Waals surface area contributed by atoms with Gasteiger partial charge in [0.2, 0.25) is 0 Å². The maximum atomic E-state index is 13.0. The molecule has 3 aromatic rings. The molecule has 2 N–H and O–H groups in total. The molecule has 0 spiro atoms. The van der Waals surface area contributed by atoms with E-state index in [0.29, 0.717) is 18.5 Å². The minimum atomic E-state index is -3.84. The molecule has 0 saturated heterocycles. The molecule has 6 nitrogen and oxygen atoms in total. The van der Waals surface area contributed by atoms with Crippen molar-refractivity contribution in [2.75, 3.05) is 18.4 Å². The highest BCUT2D eigenvalue weighted by atomic mass is 32.2. The van der Waals surface area contributed by atoms with Crippen LogP contribution in [0.3, 0.4) is 0 Å². The lowest BCUT2D eigenvalue weighted by molar-refractivity contribution is 0.0954. The van der Waals surface area contributed by atoms with Gasteiger partial charge in [0.15, 0.2) is 0 Å². The second-order valence-corrected chi connectivity index (χ2v) is 8.17. The lowest BCUT2D eigenvalue weighted by Gasteiger charge is -2.09. The van der Waals surface area contributed by atoms with Crippen LogP contribution in [-0.4, -0.2) is 28.0 Å². The van der Waals surface area contributed by atoms with Gasteiger partial charge in [-0.05, 0) is 72.6 Å². The largest absolute Gasteiger partial charge is 0.497 e. The molecule has 3 aromatic carbocycles. The van der Waals surface area contributed by atoms with Gasteiger partial charge in [-0.2, -0.15) is 0 Å². The van der Waals surface area contributed by atoms with Crippen molar-refractivity contribution in [1.29, 1.82) is 0 Å². The van der Waals surface area contributed by atoms with Crippen LogP contribution in [0.15, 0.2) is 77.7 Å². The van der Waals surface area contributed by atoms with E-state index in [-0.39, 0.29) is 16.5 Å². The SMILES string of the molecule is COc1ccc(CCNC(=O)c2ccc(S(=O)(=O)Nc3ccc(F)cc3)cc2)cc1. The number of rotatable bonds is 8. The average molecular weight is 428 g/mol. The predicted molar refractivity (Wildman–Crippen MR) is 113 cm³/mol. The number of carbonyl (C=O) groups excluding carboxylic acids is 1. The fourth-order valence-electron chi connectivity index (χ4n) is 2.73. The first kappa shape index (κ1) is 21.3. The normalized spacial score (nSPS) is 11.0. The van der Waals surface area contributed by atoms with Crippen LogP contribution < -0.4 is 14.8 Å². The van der Waals surface area contributed by atoms with Crippen molar-refractivity contribution in [3.05, 3.63) is 89.7 Å². The number of benzene rings is 3. The molecule has 0 radical (unpaired) electrons. The maximum Gasteiger partial charge on any atom is 0.261 e. The first-order chi connectivity index (χ1) is 14.4. The molecule has 0 aliphatic heterocycles. The molecular weight excluding hydrogens is 407 g/mol. The fourth-order valence-corrected chi connectivity index (χ4v) is 3.79. The molecule has 0 fully saturated rings. The number of nitrogens with one attached hydrogen (secondary N) is 2. The standard InChI is InChI=1S/C22H21FN2O4S/c1-29-20-10-2-16(3-11-20)14-15-24-22(26)17-4-12-21(13-5-17)30(27,28)25-19-8-6-18(23)7-9-19/h2-13,25H,14-15H2,1H3,(H,24,26). The number of carbonyl (C=O) groups is 1. The molecule has 0 saturated carbocycles. The number of amides is 1. The number of anilines is 1. The van der Waals surface area contributed by atoms with E-state index in [1.165, 1.54) is 36.4 Å². The van der Waals surface area contributed by atoms with Gasteiger partial charge in [0, 0.05) is 17.8 Å². The van der Waals surface area contributed by atoms with Crippen molar-refractivity contribution in [1.82, 2.24) is 5.32 Å². The summed E-state index contributed by atoms with van der Waals surface area (Å²) in [5.74, 6) is 0.0194. The second kappa shape index (κ2) is 9.41. The molecule has 0 bridgehead atoms. The van der Waals surface area contributed by atoms with Gasteiger partial charge in [0.1, 0.15) is 11.6 Å². The van der Waals surface area contributed by atoms with Crippen LogP contribution in [0.1, 0.15) is 15.9 Å². The van der Waals surface area contributed by atoms with Gasteiger partial charge in [0.25, 0.3) is 15.9 Å². The Hall–Kier alpha value is -3.39. The molecule has 30 heavy (non-hydrogen) atoms. The van der Waals surface area contributed by atoms with Crippen LogP contribution in [-0.2, 0) is 16.4 Å². The third-order valence-corrected chi connectivity index (χ3v) is 5.78. The summed E-state index contributed by atoms with van der Waals surface area (Å²) in [5, 5.41) is 2.81. The monoisotopic (exact) mass is 428 g/mol. The van der Waals surface area contributed by atoms with E-state index in [9.17, 15) is 17.6 Å². The highest BCUT2D eigenvalue weighted by Gasteiger charge is 2.15. The van der Waals surface area contributed by atoms with Gasteiger partial charge in [-0.25, -0.2) is 12.8 Å². The van der Waals surface area contributed by atoms with Crippen molar-refractivity contribution < 1.29 is 22.3 Å². The minimum absolute atomic E-state index is 0.00149. The van der Waals surface area contributed by atoms with E-state index in [1.807, 2.05) is 24.3 Å². The zero-order chi connectivity index (χ0) is 21.6. The zero-order valence-electron chi connectivity index (χ0n) is 16.3. The molecule has 0 aromatic heterocycles. The highest BCUT2D eigenvalue weighted by Crippen LogP contribution is 2.17. The van der Waals surface area contributed by atoms with E-state index in [4.69, 9.17) is 4.74 Å². The maximum absolute atomic E-state index is 13.0. The zero-order valence-corrected chi connectivity index (χ0v) is 17.1. The lowest BCUT2D eigenvalue weighted by atomic mass is 10.1. The first-order valence-electron chi connectivity index (χ1n) is 9.17. The molecule has 0 atom stereocenters. The molecule has 3 rings (SSSR count). The number of hydrogen-bond donors (Lipinski definition) is 2. The van der Waals surface area contributed by atoms with Gasteiger partial charge in [-0.1, -0.05) is 12.1 Å². The van der Waals surface area contributed by atoms with Gasteiger partial charge in [-0.15, -0.1) is 0 Å². The van der Waals surface area contributed by atoms with Crippen LogP contribution in [0, 0.1) is 5.82 Å². The predicted octanol–water partition coefficient (Wildman–Crippen LogP) is 3.61. The van der Waals surface area contributed by atoms with E-state index in [1.54, 1.807) is 7.11 Å². The molecule has 0 aliphatic rings. The summed E-state index contributed by atoms with van der Waals surface area (Å²) < 4.78 is 45.3. The van der Waals surface area contributed by atoms with Crippen molar-refractivity contribution in [2.45, 2.75) is 11.3 Å². The summed E-state index contributed by atoms with van der Waals surface area (Å²) in [7, 11) is -2.24. The van der Waals surface area contributed by atoms with Crippen LogP contribution in [0.4, 0.5) is 10.1 Å². The fraction of sp³-hybridized carbons (Fsp3) is 0.136. The van der Waals surface area contributed by atoms with E-state index in [0.717, 1.165) is 23.4 Å². The number of hydrogen-bond acceptors (Lipinski definition) is 4. The van der Waals surface area contributed by atoms with Gasteiger partial charge >= 0.3 is 0 Å². The van der Waals surface area contributed by atoms with Gasteiger partial charge < -0.3 is 10.1 Å². The third kappa shape index (κ3) is 5.57. The highest BCUT2D eigenvalue weighted by molar-refractivity contribution is 7.92. The van der Waals surface area contributed by atoms with Crippen molar-refractivity contribution in [3.8, 4) is 5.75 Å². The van der Waals surface area contributed by atoms with Crippen LogP contribution in [0.5, 0.6) is 5.75 Å². The number of halogens is 1. The summed E-state index contributed by atoms with van der Waals surface area (Å²) in [6, 6.07) is 18.2. The van der Waals surface area contributed by atoms with Crippen molar-refractivity contribution >= 4 is 21.6 Å². The average Bonchev–Trinajstić information content (AvgIpc) is 2.76. The van der Waals surface area contributed by atoms with E-state index in [2.05, 4.69) is 10.0 Å². The van der Waals surface area contributed by atoms with Gasteiger partial charge in [0.05, 0.1) is 12.0 Å². The molecular formula is C22H21FN2O4S. The summed E-state index contributed by atoms with van der Waals surface area (Å²) in [6.07, 6.45) is 0.657. The Morgan fingerprint density at radius 3 is 2.17 bits per heavy atom. The molecule has 0 heterocycles. The van der Waals surface area contributed by atoms with Crippen molar-refractivity contribution in [2.24, 2.45) is 0 Å². The number of sulfonamides is 1. The van der Waals surface area contributed by atoms with E-state index < -0.39 is 15.8 Å². The number of ether oxygens (including phenoxy) is 1. The van der Waals surface area contributed by atoms with Crippen LogP contribution >= 0.6 is 0 Å². The smallest absolute Gasteiger partial charge is 0.261 e. The Labute approximate surface area is 174 Å². The van der Waals surface area contributed by atoms with Crippen LogP contribution in [0.2, 0.25) is 0 Å². The minimum Gasteiger partial charge on any atom is -0.497 e. The molecule has 0 unspecified atom stereocenters. The Bertz CT molecular complexity index is 1100. The summed E-state index contributed by atoms with van der Waals surface area (Å²) >= 11 is 0. The molecule has 8 heteroatoms. The Morgan fingerprint density at radius 2 is 1.57 bits per heavy atom. The Balaban J connectivity index is 1.57. The lowest BCUT2D eigenvalue weighted by Crippen LogP contribution is -2.25. The Kier molecular flexibility index (Phi) is 6.68. The topological polar surface area (TPSA) is 84.5 Å². The van der Waals surface area contributed by atoms with Gasteiger partial charge in [-0.3, -0.25) is 9.52 Å². The van der Waals surface area contributed by atoms with Crippen LogP contribution in [0.25, 0.3) is 0 Å². The Morgan fingerprint density at radius 1 is 0.933 bits per heavy atom. The first-order valence-corrected chi connectivity index (χ1v) is 10.7. The summed E-state index contributed by atoms with van der Waals surface area (Å²) in [6.45, 7) is 0.442. The summed E-state index contributed by atoms with van der Waals surface area (Å²) in [4.78, 5) is 12.3.